The molecule has 0 aromatic heterocycles. The molecule has 1 amide bonds. The number of carbonyl (C=O) groups excluding carboxylic acids is 1. The molecule has 0 aliphatic carbocycles. The van der Waals surface area contributed by atoms with Crippen LogP contribution in [0.1, 0.15) is 29.6 Å². The first-order chi connectivity index (χ1) is 8.15. The summed E-state index contributed by atoms with van der Waals surface area (Å²) in [5, 5.41) is 4.72. The molecule has 2 nitrogen and oxygen atoms in total. The van der Waals surface area contributed by atoms with Crippen LogP contribution in [0.5, 0.6) is 0 Å². The third-order valence-corrected chi connectivity index (χ3v) is 3.58. The van der Waals surface area contributed by atoms with Gasteiger partial charge in [-0.3, -0.25) is 4.79 Å². The minimum absolute atomic E-state index is 0.109. The van der Waals surface area contributed by atoms with Crippen molar-refractivity contribution in [3.8, 4) is 0 Å². The van der Waals surface area contributed by atoms with Crippen LogP contribution in [0.4, 0.5) is 0 Å². The number of unbranched alkanes of at least 4 members (excludes halogenated alkanes) is 2. The van der Waals surface area contributed by atoms with Crippen LogP contribution in [0, 0.1) is 0 Å². The van der Waals surface area contributed by atoms with Gasteiger partial charge >= 0.3 is 0 Å². The Bertz CT molecular complexity index is 385. The fourth-order valence-corrected chi connectivity index (χ4v) is 2.03. The molecule has 0 aliphatic rings. The summed E-state index contributed by atoms with van der Waals surface area (Å²) < 4.78 is 0. The molecule has 1 rings (SSSR count). The maximum Gasteiger partial charge on any atom is 0.251 e. The quantitative estimate of drug-likeness (QED) is 0.608. The number of benzene rings is 1. The minimum Gasteiger partial charge on any atom is -0.352 e. The van der Waals surface area contributed by atoms with Crippen LogP contribution in [0.25, 0.3) is 0 Å². The van der Waals surface area contributed by atoms with E-state index in [1.165, 1.54) is 0 Å². The van der Waals surface area contributed by atoms with Gasteiger partial charge < -0.3 is 5.32 Å². The summed E-state index contributed by atoms with van der Waals surface area (Å²) in [6.07, 6.45) is 3.22. The van der Waals surface area contributed by atoms with Crippen LogP contribution in [0.15, 0.2) is 18.2 Å². The van der Waals surface area contributed by atoms with Gasteiger partial charge in [0.2, 0.25) is 0 Å². The zero-order valence-corrected chi connectivity index (χ0v) is 12.4. The molecule has 0 radical (unpaired) electrons. The summed E-state index contributed by atoms with van der Waals surface area (Å²) in [6, 6.07) is 4.88. The van der Waals surface area contributed by atoms with Crippen LogP contribution in [0.3, 0.4) is 0 Å². The smallest absolute Gasteiger partial charge is 0.251 e. The highest BCUT2D eigenvalue weighted by Gasteiger charge is 2.06. The van der Waals surface area contributed by atoms with Crippen molar-refractivity contribution >= 4 is 45.0 Å². The third kappa shape index (κ3) is 5.28. The summed E-state index contributed by atoms with van der Waals surface area (Å²) in [5.74, 6) is -0.109. The lowest BCUT2D eigenvalue weighted by molar-refractivity contribution is 0.0953. The van der Waals surface area contributed by atoms with Crippen molar-refractivity contribution in [2.75, 3.05) is 11.9 Å². The Morgan fingerprint density at radius 1 is 1.18 bits per heavy atom. The Kier molecular flexibility index (Phi) is 6.93. The van der Waals surface area contributed by atoms with E-state index in [-0.39, 0.29) is 5.91 Å². The molecule has 0 fully saturated rings. The molecule has 0 unspecified atom stereocenters. The van der Waals surface area contributed by atoms with Gasteiger partial charge in [0.1, 0.15) is 0 Å². The first-order valence-electron chi connectivity index (χ1n) is 5.44. The van der Waals surface area contributed by atoms with Gasteiger partial charge in [-0.15, -0.1) is 0 Å². The van der Waals surface area contributed by atoms with E-state index in [1.54, 1.807) is 18.2 Å². The van der Waals surface area contributed by atoms with Gasteiger partial charge in [-0.1, -0.05) is 45.6 Å². The maximum atomic E-state index is 11.7. The van der Waals surface area contributed by atoms with Crippen LogP contribution in [-0.4, -0.2) is 17.8 Å². The van der Waals surface area contributed by atoms with E-state index in [1.807, 2.05) is 0 Å². The number of hydrogen-bond donors (Lipinski definition) is 1. The lowest BCUT2D eigenvalue weighted by atomic mass is 10.2. The monoisotopic (exact) mass is 337 g/mol. The lowest BCUT2D eigenvalue weighted by Crippen LogP contribution is -2.24. The van der Waals surface area contributed by atoms with Gasteiger partial charge in [-0.25, -0.2) is 0 Å². The predicted octanol–water partition coefficient (Wildman–Crippen LogP) is 4.29. The van der Waals surface area contributed by atoms with Crippen molar-refractivity contribution in [3.05, 3.63) is 33.8 Å². The van der Waals surface area contributed by atoms with Gasteiger partial charge in [0.05, 0.1) is 10.0 Å². The Labute approximate surface area is 120 Å². The molecule has 0 saturated carbocycles. The number of nitrogens with one attached hydrogen (secondary N) is 1. The zero-order valence-electron chi connectivity index (χ0n) is 9.31. The molecule has 0 aliphatic heterocycles. The Balaban J connectivity index is 2.39. The standard InChI is InChI=1S/C12H14BrCl2NO/c13-6-2-1-3-7-16-12(17)9-4-5-10(14)11(15)8-9/h4-5,8H,1-3,6-7H2,(H,16,17). The summed E-state index contributed by atoms with van der Waals surface area (Å²) in [7, 11) is 0. The number of hydrogen-bond acceptors (Lipinski definition) is 1. The Morgan fingerprint density at radius 3 is 2.59 bits per heavy atom. The molecule has 1 aromatic rings. The highest BCUT2D eigenvalue weighted by molar-refractivity contribution is 9.09. The Hall–Kier alpha value is -0.250. The molecule has 0 heterocycles. The molecule has 0 bridgehead atoms. The highest BCUT2D eigenvalue weighted by atomic mass is 79.9. The molecule has 94 valence electrons. The second-order valence-corrected chi connectivity index (χ2v) is 5.24. The van der Waals surface area contributed by atoms with Crippen molar-refractivity contribution < 1.29 is 4.79 Å². The van der Waals surface area contributed by atoms with Crippen LogP contribution in [0.2, 0.25) is 10.0 Å². The second-order valence-electron chi connectivity index (χ2n) is 3.63. The molecule has 0 spiro atoms. The number of amides is 1. The zero-order chi connectivity index (χ0) is 12.7. The first-order valence-corrected chi connectivity index (χ1v) is 7.32. The normalized spacial score (nSPS) is 10.3. The number of rotatable bonds is 6. The molecular weight excluding hydrogens is 325 g/mol. The maximum absolute atomic E-state index is 11.7. The molecular formula is C12H14BrCl2NO. The topological polar surface area (TPSA) is 29.1 Å². The van der Waals surface area contributed by atoms with Crippen LogP contribution in [-0.2, 0) is 0 Å². The van der Waals surface area contributed by atoms with E-state index in [2.05, 4.69) is 21.2 Å². The van der Waals surface area contributed by atoms with E-state index in [0.29, 0.717) is 22.2 Å². The molecule has 1 N–H and O–H groups in total. The predicted molar refractivity (Wildman–Crippen MR) is 76.4 cm³/mol. The van der Waals surface area contributed by atoms with Crippen molar-refractivity contribution in [2.24, 2.45) is 0 Å². The van der Waals surface area contributed by atoms with Crippen LogP contribution >= 0.6 is 39.1 Å². The van der Waals surface area contributed by atoms with Crippen molar-refractivity contribution in [1.82, 2.24) is 5.32 Å². The largest absolute Gasteiger partial charge is 0.352 e. The van der Waals surface area contributed by atoms with Crippen LogP contribution < -0.4 is 5.32 Å². The Morgan fingerprint density at radius 2 is 1.94 bits per heavy atom. The van der Waals surface area contributed by atoms with Crippen molar-refractivity contribution in [2.45, 2.75) is 19.3 Å². The average molecular weight is 339 g/mol. The van der Waals surface area contributed by atoms with Crippen molar-refractivity contribution in [1.29, 1.82) is 0 Å². The van der Waals surface area contributed by atoms with E-state index in [9.17, 15) is 4.79 Å². The number of halogens is 3. The summed E-state index contributed by atoms with van der Waals surface area (Å²) >= 11 is 15.0. The summed E-state index contributed by atoms with van der Waals surface area (Å²) in [4.78, 5) is 11.7. The minimum atomic E-state index is -0.109. The first kappa shape index (κ1) is 14.8. The molecule has 1 aromatic carbocycles. The second kappa shape index (κ2) is 7.96. The fourth-order valence-electron chi connectivity index (χ4n) is 1.34. The van der Waals surface area contributed by atoms with Gasteiger partial charge in [0.25, 0.3) is 5.91 Å². The SMILES string of the molecule is O=C(NCCCCCBr)c1ccc(Cl)c(Cl)c1. The van der Waals surface area contributed by atoms with Gasteiger partial charge in [-0.2, -0.15) is 0 Å². The van der Waals surface area contributed by atoms with Gasteiger partial charge in [-0.05, 0) is 31.0 Å². The lowest BCUT2D eigenvalue weighted by Gasteiger charge is -2.05. The van der Waals surface area contributed by atoms with Gasteiger partial charge in [0, 0.05) is 17.4 Å². The van der Waals surface area contributed by atoms with Gasteiger partial charge in [0.15, 0.2) is 0 Å². The summed E-state index contributed by atoms with van der Waals surface area (Å²) in [5.41, 5.74) is 0.542. The van der Waals surface area contributed by atoms with E-state index in [4.69, 9.17) is 23.2 Å². The molecule has 0 saturated heterocycles. The fraction of sp³-hybridized carbons (Fsp3) is 0.417. The van der Waals surface area contributed by atoms with E-state index >= 15 is 0 Å². The van der Waals surface area contributed by atoms with E-state index in [0.717, 1.165) is 24.6 Å². The average Bonchev–Trinajstić information content (AvgIpc) is 2.32. The highest BCUT2D eigenvalue weighted by Crippen LogP contribution is 2.22. The molecule has 17 heavy (non-hydrogen) atoms. The summed E-state index contributed by atoms with van der Waals surface area (Å²) in [6.45, 7) is 0.687. The molecule has 0 atom stereocenters. The molecule has 5 heteroatoms. The van der Waals surface area contributed by atoms with Crippen molar-refractivity contribution in [3.63, 3.8) is 0 Å². The van der Waals surface area contributed by atoms with E-state index < -0.39 is 0 Å². The third-order valence-electron chi connectivity index (χ3n) is 2.28. The number of alkyl halides is 1. The number of carbonyl (C=O) groups is 1.